The summed E-state index contributed by atoms with van der Waals surface area (Å²) in [5.41, 5.74) is 2.90. The second-order valence-corrected chi connectivity index (χ2v) is 37.9. The maximum Gasteiger partial charge on any atom is 0.211 e. The molecule has 0 spiro atoms. The van der Waals surface area contributed by atoms with Gasteiger partial charge in [-0.1, -0.05) is 90.5 Å². The summed E-state index contributed by atoms with van der Waals surface area (Å²) in [6, 6.07) is 6.90. The summed E-state index contributed by atoms with van der Waals surface area (Å²) in [5.74, 6) is 0. The van der Waals surface area contributed by atoms with E-state index in [1.165, 1.54) is 17.5 Å². The van der Waals surface area contributed by atoms with Crippen molar-refractivity contribution in [2.45, 2.75) is 96.7 Å². The van der Waals surface area contributed by atoms with Crippen molar-refractivity contribution in [2.75, 3.05) is 6.61 Å². The molecule has 0 amide bonds. The summed E-state index contributed by atoms with van der Waals surface area (Å²) < 4.78 is 13.7. The molecule has 1 aliphatic heterocycles. The molecular formula is C22H44O2Si4. The summed E-state index contributed by atoms with van der Waals surface area (Å²) in [6.07, 6.45) is 1.28. The van der Waals surface area contributed by atoms with Gasteiger partial charge >= 0.3 is 0 Å². The van der Waals surface area contributed by atoms with Gasteiger partial charge in [0.1, 0.15) is 0 Å². The fourth-order valence-electron chi connectivity index (χ4n) is 6.88. The van der Waals surface area contributed by atoms with Crippen molar-refractivity contribution in [1.29, 1.82) is 0 Å². The molecule has 6 heteroatoms. The Balaban J connectivity index is 2.99. The number of rotatable bonds is 8. The second-order valence-electron chi connectivity index (χ2n) is 11.6. The smallest absolute Gasteiger partial charge is 0.211 e. The molecule has 0 N–H and O–H groups in total. The molecule has 28 heavy (non-hydrogen) atoms. The molecule has 0 radical (unpaired) electrons. The maximum atomic E-state index is 7.32. The van der Waals surface area contributed by atoms with Gasteiger partial charge in [0.15, 0.2) is 0 Å². The highest BCUT2D eigenvalue weighted by Gasteiger charge is 2.73. The molecule has 2 nitrogen and oxygen atoms in total. The van der Waals surface area contributed by atoms with E-state index in [0.717, 1.165) is 19.8 Å². The van der Waals surface area contributed by atoms with Crippen molar-refractivity contribution in [3.8, 4) is 0 Å². The first-order valence-corrected chi connectivity index (χ1v) is 24.4. The van der Waals surface area contributed by atoms with Gasteiger partial charge in [-0.2, -0.15) is 0 Å². The van der Waals surface area contributed by atoms with E-state index in [2.05, 4.69) is 91.0 Å². The quantitative estimate of drug-likeness (QED) is 0.435. The number of benzene rings is 1. The number of hydrogen-bond donors (Lipinski definition) is 0. The Morgan fingerprint density at radius 2 is 1.54 bits per heavy atom. The molecule has 1 heterocycles. The minimum atomic E-state index is -2.22. The molecule has 1 aromatic carbocycles. The van der Waals surface area contributed by atoms with Crippen molar-refractivity contribution >= 4 is 36.8 Å². The zero-order chi connectivity index (χ0) is 21.6. The van der Waals surface area contributed by atoms with Crippen LogP contribution in [0.4, 0.5) is 0 Å². The van der Waals surface area contributed by atoms with Crippen molar-refractivity contribution in [3.05, 3.63) is 29.3 Å². The lowest BCUT2D eigenvalue weighted by molar-refractivity contribution is 0.134. The van der Waals surface area contributed by atoms with E-state index < -0.39 is 31.6 Å². The van der Waals surface area contributed by atoms with E-state index in [9.17, 15) is 0 Å². The molecule has 1 unspecified atom stereocenters. The molecule has 0 aliphatic carbocycles. The lowest BCUT2D eigenvalue weighted by Gasteiger charge is -2.63. The lowest BCUT2D eigenvalue weighted by atomic mass is 10.1. The van der Waals surface area contributed by atoms with E-state index in [1.807, 2.05) is 0 Å². The Labute approximate surface area is 178 Å². The Kier molecular flexibility index (Phi) is 6.87. The third kappa shape index (κ3) is 3.42. The average molecular weight is 453 g/mol. The van der Waals surface area contributed by atoms with Gasteiger partial charge in [-0.05, 0) is 27.5 Å². The third-order valence-corrected chi connectivity index (χ3v) is 40.1. The van der Waals surface area contributed by atoms with Crippen LogP contribution in [0.15, 0.2) is 18.2 Å². The second kappa shape index (κ2) is 7.93. The lowest BCUT2D eigenvalue weighted by Crippen LogP contribution is -2.82. The van der Waals surface area contributed by atoms with Crippen LogP contribution in [0.1, 0.15) is 31.4 Å². The molecule has 0 fully saturated rings. The number of ether oxygens (including phenoxy) is 1. The molecule has 0 aromatic heterocycles. The Bertz CT molecular complexity index is 684. The van der Waals surface area contributed by atoms with Gasteiger partial charge in [-0.3, -0.25) is 0 Å². The summed E-state index contributed by atoms with van der Waals surface area (Å²) in [4.78, 5) is 0. The maximum absolute atomic E-state index is 7.32. The van der Waals surface area contributed by atoms with Crippen molar-refractivity contribution in [1.82, 2.24) is 0 Å². The monoisotopic (exact) mass is 452 g/mol. The largest absolute Gasteiger partial charge is 0.411 e. The molecule has 2 rings (SSSR count). The SMILES string of the molecule is CCOCc1cccc2c1[Si](C(CC)([Si](C)(C)C)[Si](C)(C)C)([Si](C)(C)C)OC2. The molecule has 0 saturated heterocycles. The zero-order valence-electron chi connectivity index (χ0n) is 20.4. The highest BCUT2D eigenvalue weighted by atomic mass is 29.3. The van der Waals surface area contributed by atoms with Crippen LogP contribution in [0.25, 0.3) is 0 Å². The number of fused-ring (bicyclic) bond motifs is 1. The van der Waals surface area contributed by atoms with Gasteiger partial charge < -0.3 is 9.16 Å². The van der Waals surface area contributed by atoms with Gasteiger partial charge in [-0.15, -0.1) is 0 Å². The number of hydrogen-bond acceptors (Lipinski definition) is 2. The topological polar surface area (TPSA) is 18.5 Å². The predicted octanol–water partition coefficient (Wildman–Crippen LogP) is 6.23. The third-order valence-electron chi connectivity index (χ3n) is 7.24. The van der Waals surface area contributed by atoms with Crippen molar-refractivity contribution < 1.29 is 9.16 Å². The highest BCUT2D eigenvalue weighted by molar-refractivity contribution is 7.50. The molecule has 0 saturated carbocycles. The van der Waals surface area contributed by atoms with Crippen LogP contribution in [0, 0.1) is 0 Å². The molecule has 1 aromatic rings. The Morgan fingerprint density at radius 1 is 0.964 bits per heavy atom. The van der Waals surface area contributed by atoms with Crippen LogP contribution >= 0.6 is 0 Å². The summed E-state index contributed by atoms with van der Waals surface area (Å²) in [6.45, 7) is 30.5. The minimum Gasteiger partial charge on any atom is -0.411 e. The highest BCUT2D eigenvalue weighted by Crippen LogP contribution is 2.60. The summed E-state index contributed by atoms with van der Waals surface area (Å²) >= 11 is 0. The Morgan fingerprint density at radius 3 is 1.96 bits per heavy atom. The van der Waals surface area contributed by atoms with Crippen LogP contribution < -0.4 is 5.19 Å². The van der Waals surface area contributed by atoms with E-state index in [1.54, 1.807) is 5.19 Å². The van der Waals surface area contributed by atoms with Gasteiger partial charge in [0, 0.05) is 22.8 Å². The first-order chi connectivity index (χ1) is 12.7. The molecule has 1 aliphatic rings. The predicted molar refractivity (Wildman–Crippen MR) is 135 cm³/mol. The normalized spacial score (nSPS) is 21.1. The van der Waals surface area contributed by atoms with Crippen molar-refractivity contribution in [3.63, 3.8) is 0 Å². The Hall–Kier alpha value is 0.00753. The fourth-order valence-corrected chi connectivity index (χ4v) is 55.6. The van der Waals surface area contributed by atoms with E-state index in [0.29, 0.717) is 4.28 Å². The summed E-state index contributed by atoms with van der Waals surface area (Å²) in [5, 5.41) is 1.66. The first kappa shape index (κ1) is 24.3. The molecule has 160 valence electrons. The van der Waals surface area contributed by atoms with Crippen LogP contribution in [-0.4, -0.2) is 38.2 Å². The van der Waals surface area contributed by atoms with Gasteiger partial charge in [0.25, 0.3) is 0 Å². The van der Waals surface area contributed by atoms with Crippen LogP contribution in [0.5, 0.6) is 0 Å². The first-order valence-electron chi connectivity index (χ1n) is 11.0. The van der Waals surface area contributed by atoms with Crippen LogP contribution in [0.2, 0.25) is 63.2 Å². The molecule has 1 atom stereocenters. The molecular weight excluding hydrogens is 409 g/mol. The van der Waals surface area contributed by atoms with Crippen LogP contribution in [0.3, 0.4) is 0 Å². The van der Waals surface area contributed by atoms with Gasteiger partial charge in [0.05, 0.1) is 20.8 Å². The summed E-state index contributed by atoms with van der Waals surface area (Å²) in [7, 11) is -6.96. The molecule has 0 bridgehead atoms. The van der Waals surface area contributed by atoms with Crippen LogP contribution in [-0.2, 0) is 22.4 Å². The minimum absolute atomic E-state index is 0.408. The van der Waals surface area contributed by atoms with Crippen molar-refractivity contribution in [2.24, 2.45) is 0 Å². The van der Waals surface area contributed by atoms with E-state index in [-0.39, 0.29) is 0 Å². The standard InChI is InChI=1S/C22H44O2Si4/c1-12-22(25(3,4)5,26(6,7)8)28(27(9,10)11)21-19(17-23-13-2)15-14-16-20(21)18-24-28/h14-16H,12-13,17-18H2,1-11H3. The fraction of sp³-hybridized carbons (Fsp3) is 0.727. The van der Waals surface area contributed by atoms with Gasteiger partial charge in [-0.25, -0.2) is 0 Å². The zero-order valence-corrected chi connectivity index (χ0v) is 24.4. The average Bonchev–Trinajstić information content (AvgIpc) is 2.92. The van der Waals surface area contributed by atoms with Gasteiger partial charge in [0.2, 0.25) is 7.83 Å². The van der Waals surface area contributed by atoms with E-state index >= 15 is 0 Å². The van der Waals surface area contributed by atoms with E-state index in [4.69, 9.17) is 9.16 Å².